The highest BCUT2D eigenvalue weighted by Gasteiger charge is 2.27. The number of anilines is 1. The Balaban J connectivity index is 1.40. The standard InChI is InChI=1S/C23H28N8O2/c1-4-24-20-11-19-18(13-25-20)23(15-12-26-29(2)14-15)28-31(19)16-5-7-17(8-6-16)33-21-9-10-22(32)30(3)27-21/h9-14,16-17H,4-8H2,1-3H3,(H,24,25)/t16-,17+. The van der Waals surface area contributed by atoms with Crippen molar-refractivity contribution in [1.29, 1.82) is 0 Å². The molecule has 0 unspecified atom stereocenters. The Bertz CT molecular complexity index is 1330. The van der Waals surface area contributed by atoms with E-state index in [1.807, 2.05) is 25.6 Å². The maximum atomic E-state index is 11.6. The molecule has 1 aliphatic rings. The van der Waals surface area contributed by atoms with Crippen molar-refractivity contribution in [1.82, 2.24) is 34.3 Å². The second-order valence-electron chi connectivity index (χ2n) is 8.49. The number of aryl methyl sites for hydroxylation is 2. The van der Waals surface area contributed by atoms with E-state index in [0.717, 1.165) is 60.2 Å². The monoisotopic (exact) mass is 448 g/mol. The lowest BCUT2D eigenvalue weighted by atomic mass is 9.93. The second-order valence-corrected chi connectivity index (χ2v) is 8.49. The molecule has 1 aliphatic carbocycles. The largest absolute Gasteiger partial charge is 0.473 e. The summed E-state index contributed by atoms with van der Waals surface area (Å²) in [5, 5.41) is 17.9. The Labute approximate surface area is 191 Å². The molecular formula is C23H28N8O2. The quantitative estimate of drug-likeness (QED) is 0.483. The summed E-state index contributed by atoms with van der Waals surface area (Å²) in [7, 11) is 3.54. The van der Waals surface area contributed by atoms with Crippen LogP contribution in [0.4, 0.5) is 5.82 Å². The van der Waals surface area contributed by atoms with Crippen LogP contribution < -0.4 is 15.6 Å². The van der Waals surface area contributed by atoms with Crippen molar-refractivity contribution in [3.63, 3.8) is 0 Å². The van der Waals surface area contributed by atoms with Crippen LogP contribution in [-0.2, 0) is 14.1 Å². The number of rotatable bonds is 6. The van der Waals surface area contributed by atoms with Crippen molar-refractivity contribution in [3.05, 3.63) is 47.1 Å². The van der Waals surface area contributed by atoms with E-state index in [2.05, 4.69) is 38.2 Å². The van der Waals surface area contributed by atoms with E-state index in [9.17, 15) is 4.79 Å². The number of hydrogen-bond acceptors (Lipinski definition) is 7. The molecule has 0 saturated heterocycles. The van der Waals surface area contributed by atoms with Gasteiger partial charge in [0, 0.05) is 62.2 Å². The van der Waals surface area contributed by atoms with Crippen LogP contribution in [0.3, 0.4) is 0 Å². The summed E-state index contributed by atoms with van der Waals surface area (Å²) in [5.41, 5.74) is 2.81. The van der Waals surface area contributed by atoms with Crippen LogP contribution in [0.2, 0.25) is 0 Å². The number of aromatic nitrogens is 7. The van der Waals surface area contributed by atoms with Crippen LogP contribution in [0.5, 0.6) is 5.88 Å². The highest BCUT2D eigenvalue weighted by atomic mass is 16.5. The van der Waals surface area contributed by atoms with Crippen LogP contribution >= 0.6 is 0 Å². The highest BCUT2D eigenvalue weighted by Crippen LogP contribution is 2.36. The van der Waals surface area contributed by atoms with Crippen molar-refractivity contribution in [2.45, 2.75) is 44.8 Å². The zero-order valence-electron chi connectivity index (χ0n) is 19.1. The van der Waals surface area contributed by atoms with Gasteiger partial charge in [0.1, 0.15) is 17.6 Å². The number of hydrogen-bond donors (Lipinski definition) is 1. The summed E-state index contributed by atoms with van der Waals surface area (Å²) in [6.45, 7) is 2.87. The molecule has 0 aliphatic heterocycles. The molecule has 5 rings (SSSR count). The fourth-order valence-corrected chi connectivity index (χ4v) is 4.47. The van der Waals surface area contributed by atoms with Crippen molar-refractivity contribution in [2.24, 2.45) is 14.1 Å². The van der Waals surface area contributed by atoms with E-state index in [-0.39, 0.29) is 17.7 Å². The lowest BCUT2D eigenvalue weighted by Gasteiger charge is -2.29. The third-order valence-corrected chi connectivity index (χ3v) is 6.14. The van der Waals surface area contributed by atoms with Crippen LogP contribution in [-0.4, -0.2) is 47.0 Å². The molecule has 172 valence electrons. The van der Waals surface area contributed by atoms with Crippen LogP contribution in [0.25, 0.3) is 22.2 Å². The lowest BCUT2D eigenvalue weighted by molar-refractivity contribution is 0.123. The van der Waals surface area contributed by atoms with Gasteiger partial charge in [0.15, 0.2) is 0 Å². The zero-order chi connectivity index (χ0) is 22.9. The molecule has 0 aromatic carbocycles. The molecule has 0 spiro atoms. The molecule has 4 heterocycles. The van der Waals surface area contributed by atoms with E-state index in [4.69, 9.17) is 9.84 Å². The van der Waals surface area contributed by atoms with Crippen molar-refractivity contribution in [3.8, 4) is 17.1 Å². The highest BCUT2D eigenvalue weighted by molar-refractivity contribution is 5.93. The molecule has 33 heavy (non-hydrogen) atoms. The molecule has 0 amide bonds. The number of nitrogens with zero attached hydrogens (tertiary/aromatic N) is 7. The number of fused-ring (bicyclic) bond motifs is 1. The Hall–Kier alpha value is -3.69. The molecule has 0 radical (unpaired) electrons. The fraction of sp³-hybridized carbons (Fsp3) is 0.435. The minimum Gasteiger partial charge on any atom is -0.473 e. The average molecular weight is 449 g/mol. The van der Waals surface area contributed by atoms with Gasteiger partial charge < -0.3 is 10.1 Å². The predicted octanol–water partition coefficient (Wildman–Crippen LogP) is 2.92. The molecule has 1 fully saturated rings. The maximum absolute atomic E-state index is 11.6. The summed E-state index contributed by atoms with van der Waals surface area (Å²) >= 11 is 0. The van der Waals surface area contributed by atoms with Crippen molar-refractivity contribution >= 4 is 16.7 Å². The molecule has 4 aromatic rings. The molecule has 10 nitrogen and oxygen atoms in total. The molecule has 0 bridgehead atoms. The Kier molecular flexibility index (Phi) is 5.57. The van der Waals surface area contributed by atoms with Gasteiger partial charge >= 0.3 is 0 Å². The Morgan fingerprint density at radius 3 is 2.64 bits per heavy atom. The SMILES string of the molecule is CCNc1cc2c(cn1)c(-c1cnn(C)c1)nn2[C@H]1CC[C@@H](Oc2ccc(=O)n(C)n2)CC1. The third kappa shape index (κ3) is 4.20. The van der Waals surface area contributed by atoms with Crippen LogP contribution in [0.1, 0.15) is 38.6 Å². The van der Waals surface area contributed by atoms with Gasteiger partial charge in [0.2, 0.25) is 5.88 Å². The summed E-state index contributed by atoms with van der Waals surface area (Å²) < 4.78 is 11.3. The van der Waals surface area contributed by atoms with Gasteiger partial charge in [-0.3, -0.25) is 14.2 Å². The van der Waals surface area contributed by atoms with E-state index < -0.39 is 0 Å². The third-order valence-electron chi connectivity index (χ3n) is 6.14. The summed E-state index contributed by atoms with van der Waals surface area (Å²) in [5.74, 6) is 1.34. The second kappa shape index (κ2) is 8.68. The summed E-state index contributed by atoms with van der Waals surface area (Å²) in [4.78, 5) is 16.1. The normalized spacial score (nSPS) is 18.5. The van der Waals surface area contributed by atoms with Gasteiger partial charge in [-0.15, -0.1) is 5.10 Å². The first-order valence-corrected chi connectivity index (χ1v) is 11.3. The fourth-order valence-electron chi connectivity index (χ4n) is 4.47. The van der Waals surface area contributed by atoms with Gasteiger partial charge in [0.05, 0.1) is 17.8 Å². The first-order valence-electron chi connectivity index (χ1n) is 11.3. The first-order chi connectivity index (χ1) is 16.0. The maximum Gasteiger partial charge on any atom is 0.266 e. The summed E-state index contributed by atoms with van der Waals surface area (Å²) in [6.07, 6.45) is 9.47. The minimum atomic E-state index is -0.146. The zero-order valence-corrected chi connectivity index (χ0v) is 19.1. The van der Waals surface area contributed by atoms with E-state index >= 15 is 0 Å². The molecule has 4 aromatic heterocycles. The topological polar surface area (TPSA) is 105 Å². The van der Waals surface area contributed by atoms with Gasteiger partial charge in [0.25, 0.3) is 5.56 Å². The summed E-state index contributed by atoms with van der Waals surface area (Å²) in [6, 6.07) is 5.48. The Morgan fingerprint density at radius 2 is 1.94 bits per heavy atom. The number of nitrogens with one attached hydrogen (secondary N) is 1. The van der Waals surface area contributed by atoms with Gasteiger partial charge in [-0.2, -0.15) is 10.2 Å². The lowest BCUT2D eigenvalue weighted by Crippen LogP contribution is -2.27. The molecule has 1 saturated carbocycles. The number of pyridine rings is 1. The first kappa shape index (κ1) is 21.2. The number of ether oxygens (including phenoxy) is 1. The van der Waals surface area contributed by atoms with Gasteiger partial charge in [-0.25, -0.2) is 9.67 Å². The molecule has 10 heteroatoms. The smallest absolute Gasteiger partial charge is 0.266 e. The van der Waals surface area contributed by atoms with Gasteiger partial charge in [-0.05, 0) is 32.6 Å². The van der Waals surface area contributed by atoms with E-state index in [1.165, 1.54) is 10.7 Å². The molecular weight excluding hydrogens is 420 g/mol. The minimum absolute atomic E-state index is 0.0739. The van der Waals surface area contributed by atoms with Gasteiger partial charge in [-0.1, -0.05) is 0 Å². The van der Waals surface area contributed by atoms with Crippen molar-refractivity contribution in [2.75, 3.05) is 11.9 Å². The average Bonchev–Trinajstić information content (AvgIpc) is 3.40. The Morgan fingerprint density at radius 1 is 1.12 bits per heavy atom. The van der Waals surface area contributed by atoms with Crippen LogP contribution in [0, 0.1) is 0 Å². The molecule has 1 N–H and O–H groups in total. The van der Waals surface area contributed by atoms with Crippen LogP contribution in [0.15, 0.2) is 41.6 Å². The van der Waals surface area contributed by atoms with E-state index in [0.29, 0.717) is 5.88 Å². The molecule has 0 atom stereocenters. The van der Waals surface area contributed by atoms with E-state index in [1.54, 1.807) is 17.8 Å². The van der Waals surface area contributed by atoms with Crippen molar-refractivity contribution < 1.29 is 4.74 Å². The predicted molar refractivity (Wildman–Crippen MR) is 125 cm³/mol.